The summed E-state index contributed by atoms with van der Waals surface area (Å²) in [6, 6.07) is 14.7. The zero-order valence-corrected chi connectivity index (χ0v) is 17.2. The van der Waals surface area contributed by atoms with Crippen LogP contribution in [0.25, 0.3) is 0 Å². The van der Waals surface area contributed by atoms with Crippen LogP contribution in [0.1, 0.15) is 29.5 Å². The first-order valence-electron chi connectivity index (χ1n) is 10.7. The summed E-state index contributed by atoms with van der Waals surface area (Å²) in [5, 5.41) is 5.96. The zero-order valence-electron chi connectivity index (χ0n) is 17.2. The normalized spacial score (nSPS) is 17.2. The first-order chi connectivity index (χ1) is 14.7. The van der Waals surface area contributed by atoms with E-state index in [1.165, 1.54) is 22.7 Å². The number of ether oxygens (including phenoxy) is 1. The van der Waals surface area contributed by atoms with Crippen molar-refractivity contribution in [3.63, 3.8) is 0 Å². The summed E-state index contributed by atoms with van der Waals surface area (Å²) in [6.07, 6.45) is 3.09. The molecule has 0 aliphatic carbocycles. The Labute approximate surface area is 177 Å². The number of carbonyl (C=O) groups is 1. The highest BCUT2D eigenvalue weighted by Gasteiger charge is 2.22. The molecule has 0 spiro atoms. The number of morpholine rings is 1. The second-order valence-electron chi connectivity index (χ2n) is 7.88. The fourth-order valence-electron chi connectivity index (χ4n) is 4.00. The summed E-state index contributed by atoms with van der Waals surface area (Å²) < 4.78 is 18.8. The van der Waals surface area contributed by atoms with Crippen LogP contribution in [-0.2, 0) is 22.4 Å². The Kier molecular flexibility index (Phi) is 6.87. The zero-order chi connectivity index (χ0) is 20.8. The molecule has 0 atom stereocenters. The highest BCUT2D eigenvalue weighted by molar-refractivity contribution is 6.02. The van der Waals surface area contributed by atoms with Crippen molar-refractivity contribution in [1.29, 1.82) is 0 Å². The van der Waals surface area contributed by atoms with Crippen molar-refractivity contribution in [3.8, 4) is 0 Å². The number of amides is 1. The molecule has 2 aliphatic rings. The molecule has 6 heteroatoms. The summed E-state index contributed by atoms with van der Waals surface area (Å²) in [5.41, 5.74) is 3.78. The van der Waals surface area contributed by atoms with Gasteiger partial charge in [-0.2, -0.15) is 5.10 Å². The second kappa shape index (κ2) is 9.96. The number of hydrogen-bond donors (Lipinski definition) is 0. The van der Waals surface area contributed by atoms with Crippen molar-refractivity contribution in [1.82, 2.24) is 9.91 Å². The molecule has 30 heavy (non-hydrogen) atoms. The van der Waals surface area contributed by atoms with E-state index in [4.69, 9.17) is 4.74 Å². The first-order valence-corrected chi connectivity index (χ1v) is 10.7. The third kappa shape index (κ3) is 5.52. The molecule has 0 bridgehead atoms. The van der Waals surface area contributed by atoms with Gasteiger partial charge in [0.2, 0.25) is 5.91 Å². The van der Waals surface area contributed by atoms with Gasteiger partial charge in [-0.15, -0.1) is 0 Å². The molecule has 158 valence electrons. The standard InChI is InChI=1S/C24H28FN3O2/c25-22-8-2-7-21(18-22)23-9-11-28(26-23)24(29)17-20-5-1-4-19(16-20)6-3-10-27-12-14-30-15-13-27/h1-2,4-5,7-8,16,18H,3,6,9-15,17H2. The smallest absolute Gasteiger partial charge is 0.247 e. The van der Waals surface area contributed by atoms with E-state index in [0.717, 1.165) is 62.5 Å². The van der Waals surface area contributed by atoms with Crippen molar-refractivity contribution in [2.45, 2.75) is 25.7 Å². The van der Waals surface area contributed by atoms with E-state index in [1.54, 1.807) is 6.07 Å². The molecule has 2 aliphatic heterocycles. The van der Waals surface area contributed by atoms with Gasteiger partial charge in [-0.05, 0) is 42.6 Å². The van der Waals surface area contributed by atoms with Gasteiger partial charge in [0.1, 0.15) is 5.82 Å². The first kappa shape index (κ1) is 20.7. The summed E-state index contributed by atoms with van der Waals surface area (Å²) in [7, 11) is 0. The molecule has 2 aromatic carbocycles. The number of hydrogen-bond acceptors (Lipinski definition) is 4. The predicted molar refractivity (Wildman–Crippen MR) is 115 cm³/mol. The van der Waals surface area contributed by atoms with Crippen molar-refractivity contribution in [2.24, 2.45) is 5.10 Å². The summed E-state index contributed by atoms with van der Waals surface area (Å²) in [4.78, 5) is 15.2. The lowest BCUT2D eigenvalue weighted by Crippen LogP contribution is -2.36. The number of nitrogens with zero attached hydrogens (tertiary/aromatic N) is 3. The predicted octanol–water partition coefficient (Wildman–Crippen LogP) is 3.27. The Morgan fingerprint density at radius 1 is 1.03 bits per heavy atom. The van der Waals surface area contributed by atoms with Crippen LogP contribution in [-0.4, -0.2) is 60.9 Å². The molecular formula is C24H28FN3O2. The number of hydrazone groups is 1. The van der Waals surface area contributed by atoms with Crippen LogP contribution < -0.4 is 0 Å². The van der Waals surface area contributed by atoms with Gasteiger partial charge in [0.15, 0.2) is 0 Å². The van der Waals surface area contributed by atoms with Crippen LogP contribution in [0.5, 0.6) is 0 Å². The van der Waals surface area contributed by atoms with Crippen LogP contribution in [0.15, 0.2) is 53.6 Å². The fourth-order valence-corrected chi connectivity index (χ4v) is 4.00. The van der Waals surface area contributed by atoms with Crippen LogP contribution in [0.4, 0.5) is 4.39 Å². The van der Waals surface area contributed by atoms with E-state index in [1.807, 2.05) is 18.2 Å². The van der Waals surface area contributed by atoms with Crippen molar-refractivity contribution in [2.75, 3.05) is 39.4 Å². The molecule has 1 fully saturated rings. The average Bonchev–Trinajstić information content (AvgIpc) is 3.25. The Bertz CT molecular complexity index is 909. The van der Waals surface area contributed by atoms with Gasteiger partial charge >= 0.3 is 0 Å². The molecule has 1 amide bonds. The van der Waals surface area contributed by atoms with Gasteiger partial charge in [0.25, 0.3) is 0 Å². The van der Waals surface area contributed by atoms with Gasteiger partial charge in [-0.25, -0.2) is 9.40 Å². The van der Waals surface area contributed by atoms with Crippen LogP contribution in [0, 0.1) is 5.82 Å². The van der Waals surface area contributed by atoms with Gasteiger partial charge in [0, 0.05) is 25.1 Å². The lowest BCUT2D eigenvalue weighted by molar-refractivity contribution is -0.130. The maximum absolute atomic E-state index is 13.5. The number of benzene rings is 2. The second-order valence-corrected chi connectivity index (χ2v) is 7.88. The van der Waals surface area contributed by atoms with E-state index in [9.17, 15) is 9.18 Å². The Morgan fingerprint density at radius 3 is 2.67 bits per heavy atom. The van der Waals surface area contributed by atoms with E-state index >= 15 is 0 Å². The van der Waals surface area contributed by atoms with E-state index in [2.05, 4.69) is 22.1 Å². The van der Waals surface area contributed by atoms with Gasteiger partial charge in [-0.3, -0.25) is 9.69 Å². The lowest BCUT2D eigenvalue weighted by Gasteiger charge is -2.26. The maximum Gasteiger partial charge on any atom is 0.247 e. The van der Waals surface area contributed by atoms with E-state index < -0.39 is 0 Å². The van der Waals surface area contributed by atoms with Crippen LogP contribution in [0.2, 0.25) is 0 Å². The molecule has 0 N–H and O–H groups in total. The number of aryl methyl sites for hydroxylation is 1. The van der Waals surface area contributed by atoms with Gasteiger partial charge < -0.3 is 4.74 Å². The summed E-state index contributed by atoms with van der Waals surface area (Å²) >= 11 is 0. The Morgan fingerprint density at radius 2 is 1.83 bits per heavy atom. The number of halogens is 1. The molecular weight excluding hydrogens is 381 g/mol. The topological polar surface area (TPSA) is 45.1 Å². The molecule has 0 unspecified atom stereocenters. The minimum atomic E-state index is -0.287. The molecule has 4 rings (SSSR count). The average molecular weight is 410 g/mol. The molecule has 0 saturated carbocycles. The minimum absolute atomic E-state index is 0.0214. The number of rotatable bonds is 7. The minimum Gasteiger partial charge on any atom is -0.379 e. The maximum atomic E-state index is 13.5. The van der Waals surface area contributed by atoms with Crippen molar-refractivity contribution < 1.29 is 13.9 Å². The van der Waals surface area contributed by atoms with Crippen molar-refractivity contribution >= 4 is 11.6 Å². The third-order valence-corrected chi connectivity index (χ3v) is 5.64. The van der Waals surface area contributed by atoms with E-state index in [-0.39, 0.29) is 11.7 Å². The van der Waals surface area contributed by atoms with E-state index in [0.29, 0.717) is 19.4 Å². The van der Waals surface area contributed by atoms with Gasteiger partial charge in [-0.1, -0.05) is 36.4 Å². The highest BCUT2D eigenvalue weighted by atomic mass is 19.1. The molecule has 1 saturated heterocycles. The van der Waals surface area contributed by atoms with Crippen LogP contribution in [0.3, 0.4) is 0 Å². The molecule has 0 radical (unpaired) electrons. The number of carbonyl (C=O) groups excluding carboxylic acids is 1. The van der Waals surface area contributed by atoms with Gasteiger partial charge in [0.05, 0.1) is 31.9 Å². The quantitative estimate of drug-likeness (QED) is 0.705. The Hall–Kier alpha value is -2.57. The molecule has 2 heterocycles. The fraction of sp³-hybridized carbons (Fsp3) is 0.417. The summed E-state index contributed by atoms with van der Waals surface area (Å²) in [6.45, 7) is 5.32. The molecule has 2 aromatic rings. The molecule has 5 nitrogen and oxygen atoms in total. The SMILES string of the molecule is O=C(Cc1cccc(CCCN2CCOCC2)c1)N1CCC(c2cccc(F)c2)=N1. The monoisotopic (exact) mass is 409 g/mol. The van der Waals surface area contributed by atoms with Crippen molar-refractivity contribution in [3.05, 3.63) is 71.0 Å². The lowest BCUT2D eigenvalue weighted by atomic mass is 10.0. The van der Waals surface area contributed by atoms with Crippen LogP contribution >= 0.6 is 0 Å². The highest BCUT2D eigenvalue weighted by Crippen LogP contribution is 2.17. The summed E-state index contributed by atoms with van der Waals surface area (Å²) in [5.74, 6) is -0.308. The third-order valence-electron chi connectivity index (χ3n) is 5.64. The largest absolute Gasteiger partial charge is 0.379 e. The molecule has 0 aromatic heterocycles. The Balaban J connectivity index is 1.30.